The van der Waals surface area contributed by atoms with E-state index in [-0.39, 0.29) is 0 Å². The molecule has 12 heavy (non-hydrogen) atoms. The Labute approximate surface area is 79.8 Å². The minimum absolute atomic E-state index is 0.849. The Kier molecular flexibility index (Phi) is 3.39. The van der Waals surface area contributed by atoms with Gasteiger partial charge in [0, 0.05) is 0 Å². The third kappa shape index (κ3) is 1.90. The van der Waals surface area contributed by atoms with Crippen LogP contribution in [0.25, 0.3) is 11.5 Å². The van der Waals surface area contributed by atoms with E-state index in [0.29, 0.717) is 0 Å². The normalized spacial score (nSPS) is 8.83. The Hall–Kier alpha value is -0.720. The van der Waals surface area contributed by atoms with Crippen molar-refractivity contribution in [2.45, 2.75) is 11.3 Å². The highest BCUT2D eigenvalue weighted by molar-refractivity contribution is 8.00. The molecule has 0 aromatic carbocycles. The minimum Gasteiger partial charge on any atom is -0.220 e. The summed E-state index contributed by atoms with van der Waals surface area (Å²) in [6.07, 6.45) is 3.85. The van der Waals surface area contributed by atoms with Crippen molar-refractivity contribution in [1.82, 2.24) is 4.98 Å². The largest absolute Gasteiger partial charge is 0.220 e. The summed E-state index contributed by atoms with van der Waals surface area (Å²) in [4.78, 5) is 4.33. The average Bonchev–Trinajstić information content (AvgIpc) is 2.48. The highest BCUT2D eigenvalue weighted by atomic mass is 32.2. The fourth-order valence-corrected chi connectivity index (χ4v) is 2.09. The van der Waals surface area contributed by atoms with Gasteiger partial charge in [0.25, 0.3) is 0 Å². The predicted octanol–water partition coefficient (Wildman–Crippen LogP) is 1.39. The molecule has 1 nitrogen and oxygen atoms in total. The molecule has 62 valence electrons. The first-order valence-corrected chi connectivity index (χ1v) is 5.48. The van der Waals surface area contributed by atoms with E-state index in [1.165, 1.54) is 0 Å². The van der Waals surface area contributed by atoms with Gasteiger partial charge < -0.3 is 0 Å². The maximum Gasteiger partial charge on any atom is 0.152 e. The van der Waals surface area contributed by atoms with Gasteiger partial charge in [0.2, 0.25) is 0 Å². The molecule has 0 amide bonds. The van der Waals surface area contributed by atoms with Crippen LogP contribution in [0.5, 0.6) is 0 Å². The number of thiazole rings is 1. The van der Waals surface area contributed by atoms with Gasteiger partial charge in [-0.25, -0.2) is 4.98 Å². The first-order valence-electron chi connectivity index (χ1n) is 3.44. The highest BCUT2D eigenvalue weighted by Crippen LogP contribution is 2.10. The maximum atomic E-state index is 4.33. The van der Waals surface area contributed by atoms with Gasteiger partial charge in [-0.1, -0.05) is 35.4 Å². The number of hydrogen-bond acceptors (Lipinski definition) is 3. The zero-order chi connectivity index (χ0) is 8.97. The first kappa shape index (κ1) is 9.37. The van der Waals surface area contributed by atoms with Crippen molar-refractivity contribution in [2.75, 3.05) is 6.26 Å². The summed E-state index contributed by atoms with van der Waals surface area (Å²) >= 11 is 3.23. The highest BCUT2D eigenvalue weighted by Gasteiger charge is 1.95. The molecule has 0 fully saturated rings. The average molecular weight is 195 g/mol. The monoisotopic (exact) mass is 195 g/mol. The van der Waals surface area contributed by atoms with Gasteiger partial charge in [0.15, 0.2) is 4.34 Å². The SMILES string of the molecule is C=C=c1sc(SC)nc1=C=CC. The van der Waals surface area contributed by atoms with Gasteiger partial charge in [-0.2, -0.15) is 0 Å². The molecule has 1 heterocycles. The van der Waals surface area contributed by atoms with Gasteiger partial charge in [-0.05, 0) is 19.3 Å². The van der Waals surface area contributed by atoms with Crippen LogP contribution in [0.1, 0.15) is 6.92 Å². The van der Waals surface area contributed by atoms with Crippen molar-refractivity contribution in [2.24, 2.45) is 0 Å². The molecule has 0 atom stereocenters. The van der Waals surface area contributed by atoms with Gasteiger partial charge in [-0.15, -0.1) is 5.73 Å². The Balaban J connectivity index is 3.60. The van der Waals surface area contributed by atoms with E-state index in [1.807, 2.05) is 19.3 Å². The minimum atomic E-state index is 0.849. The smallest absolute Gasteiger partial charge is 0.152 e. The topological polar surface area (TPSA) is 12.9 Å². The molecule has 0 aliphatic heterocycles. The second-order valence-corrected chi connectivity index (χ2v) is 4.02. The van der Waals surface area contributed by atoms with Crippen LogP contribution < -0.4 is 9.88 Å². The molecular formula is C9H9NS2. The molecule has 0 N–H and O–H groups in total. The fourth-order valence-electron chi connectivity index (χ4n) is 0.742. The number of aromatic nitrogens is 1. The van der Waals surface area contributed by atoms with E-state index in [2.05, 4.69) is 23.0 Å². The van der Waals surface area contributed by atoms with E-state index in [4.69, 9.17) is 0 Å². The van der Waals surface area contributed by atoms with Crippen molar-refractivity contribution < 1.29 is 0 Å². The molecule has 0 aliphatic rings. The van der Waals surface area contributed by atoms with Crippen LogP contribution in [-0.2, 0) is 0 Å². The molecule has 0 unspecified atom stereocenters. The predicted molar refractivity (Wildman–Crippen MR) is 55.8 cm³/mol. The van der Waals surface area contributed by atoms with Crippen LogP contribution in [0.4, 0.5) is 0 Å². The first-order chi connectivity index (χ1) is 5.81. The number of hydrogen-bond donors (Lipinski definition) is 0. The number of allylic oxidation sites excluding steroid dienone is 1. The summed E-state index contributed by atoms with van der Waals surface area (Å²) in [6.45, 7) is 5.53. The standard InChI is InChI=1S/C9H9NS2/c1-4-6-7-8(5-2)12-9(10-7)11-3/h4H,2H2,1,3H3. The molecule has 1 aromatic rings. The molecule has 0 bridgehead atoms. The van der Waals surface area contributed by atoms with E-state index < -0.39 is 0 Å². The van der Waals surface area contributed by atoms with Crippen molar-refractivity contribution in [3.63, 3.8) is 0 Å². The van der Waals surface area contributed by atoms with Crippen LogP contribution in [0.3, 0.4) is 0 Å². The van der Waals surface area contributed by atoms with Gasteiger partial charge >= 0.3 is 0 Å². The number of nitrogens with zero attached hydrogens (tertiary/aromatic N) is 1. The summed E-state index contributed by atoms with van der Waals surface area (Å²) in [5, 5.41) is 0.849. The summed E-state index contributed by atoms with van der Waals surface area (Å²) < 4.78 is 2.00. The zero-order valence-corrected chi connectivity index (χ0v) is 8.68. The number of thioether (sulfide) groups is 1. The quantitative estimate of drug-likeness (QED) is 0.628. The Morgan fingerprint density at radius 1 is 1.67 bits per heavy atom. The molecule has 0 aliphatic carbocycles. The van der Waals surface area contributed by atoms with Gasteiger partial charge in [0.1, 0.15) is 9.88 Å². The molecule has 3 heteroatoms. The van der Waals surface area contributed by atoms with Gasteiger partial charge in [-0.3, -0.25) is 0 Å². The lowest BCUT2D eigenvalue weighted by atomic mass is 10.5. The van der Waals surface area contributed by atoms with E-state index in [9.17, 15) is 0 Å². The summed E-state index contributed by atoms with van der Waals surface area (Å²) in [5.41, 5.74) is 5.89. The molecule has 0 saturated heterocycles. The second-order valence-electron chi connectivity index (χ2n) is 1.97. The van der Waals surface area contributed by atoms with Crippen LogP contribution in [-0.4, -0.2) is 11.2 Å². The zero-order valence-electron chi connectivity index (χ0n) is 7.05. The number of rotatable bonds is 1. The van der Waals surface area contributed by atoms with Gasteiger partial charge in [0.05, 0.1) is 0 Å². The Morgan fingerprint density at radius 3 is 2.92 bits per heavy atom. The molecule has 0 spiro atoms. The van der Waals surface area contributed by atoms with Crippen LogP contribution in [0.2, 0.25) is 0 Å². The Bertz CT molecular complexity index is 432. The third-order valence-electron chi connectivity index (χ3n) is 1.22. The Morgan fingerprint density at radius 2 is 2.42 bits per heavy atom. The molecule has 0 radical (unpaired) electrons. The van der Waals surface area contributed by atoms with E-state index in [0.717, 1.165) is 14.2 Å². The molecule has 1 rings (SSSR count). The van der Waals surface area contributed by atoms with E-state index >= 15 is 0 Å². The summed E-state index contributed by atoms with van der Waals surface area (Å²) in [6, 6.07) is 0. The third-order valence-corrected chi connectivity index (χ3v) is 3.22. The lowest BCUT2D eigenvalue weighted by Gasteiger charge is -1.77. The molecular weight excluding hydrogens is 186 g/mol. The molecule has 0 saturated carbocycles. The van der Waals surface area contributed by atoms with Crippen LogP contribution in [0, 0.1) is 0 Å². The lowest BCUT2D eigenvalue weighted by Crippen LogP contribution is -2.17. The molecule has 1 aromatic heterocycles. The van der Waals surface area contributed by atoms with Crippen LogP contribution in [0.15, 0.2) is 17.0 Å². The fraction of sp³-hybridized carbons (Fsp3) is 0.222. The second kappa shape index (κ2) is 4.34. The summed E-state index contributed by atoms with van der Waals surface area (Å²) in [7, 11) is 0. The van der Waals surface area contributed by atoms with Crippen molar-refractivity contribution in [3.05, 3.63) is 22.5 Å². The summed E-state index contributed by atoms with van der Waals surface area (Å²) in [5.74, 6) is 0. The van der Waals surface area contributed by atoms with Crippen molar-refractivity contribution in [1.29, 1.82) is 0 Å². The van der Waals surface area contributed by atoms with E-state index in [1.54, 1.807) is 23.1 Å². The van der Waals surface area contributed by atoms with Crippen molar-refractivity contribution in [3.8, 4) is 0 Å². The van der Waals surface area contributed by atoms with Crippen molar-refractivity contribution >= 4 is 34.6 Å². The lowest BCUT2D eigenvalue weighted by molar-refractivity contribution is 1.19. The maximum absolute atomic E-state index is 4.33. The van der Waals surface area contributed by atoms with Crippen LogP contribution >= 0.6 is 23.1 Å².